The maximum atomic E-state index is 6.16. The molecule has 158 valence electrons. The summed E-state index contributed by atoms with van der Waals surface area (Å²) in [5.41, 5.74) is 3.80. The predicted octanol–water partition coefficient (Wildman–Crippen LogP) is 4.81. The molecule has 5 heteroatoms. The number of aryl methyl sites for hydroxylation is 1. The standard InChI is InChI=1S/C24H35N3O2/c1-17(2)25-24-19-10-7-9-18(19)20-15-22(28-3)23(16-21(20)26-24)29-14-8-13-27-11-5-4-6-12-27/h15-17H,4-14H2,1-3H3,(H,25,26). The molecule has 0 bridgehead atoms. The number of likely N-dealkylation sites (tertiary alicyclic amines) is 1. The Morgan fingerprint density at radius 2 is 1.83 bits per heavy atom. The van der Waals surface area contributed by atoms with E-state index in [2.05, 4.69) is 36.2 Å². The normalized spacial score (nSPS) is 17.0. The molecule has 1 aromatic heterocycles. The minimum absolute atomic E-state index is 0.369. The molecule has 1 N–H and O–H groups in total. The van der Waals surface area contributed by atoms with Crippen molar-refractivity contribution in [2.75, 3.05) is 38.7 Å². The summed E-state index contributed by atoms with van der Waals surface area (Å²) in [6.45, 7) is 8.63. The van der Waals surface area contributed by atoms with Crippen molar-refractivity contribution in [3.63, 3.8) is 0 Å². The molecule has 29 heavy (non-hydrogen) atoms. The van der Waals surface area contributed by atoms with E-state index in [9.17, 15) is 0 Å². The van der Waals surface area contributed by atoms with Gasteiger partial charge >= 0.3 is 0 Å². The van der Waals surface area contributed by atoms with Gasteiger partial charge in [-0.25, -0.2) is 4.98 Å². The second kappa shape index (κ2) is 9.21. The van der Waals surface area contributed by atoms with E-state index >= 15 is 0 Å². The maximum absolute atomic E-state index is 6.16. The summed E-state index contributed by atoms with van der Waals surface area (Å²) in [6, 6.07) is 4.57. The Balaban J connectivity index is 1.53. The number of rotatable bonds is 8. The van der Waals surface area contributed by atoms with Gasteiger partial charge in [-0.1, -0.05) is 6.42 Å². The highest BCUT2D eigenvalue weighted by Crippen LogP contribution is 2.39. The Morgan fingerprint density at radius 1 is 1.03 bits per heavy atom. The lowest BCUT2D eigenvalue weighted by molar-refractivity contribution is 0.203. The lowest BCUT2D eigenvalue weighted by Crippen LogP contribution is -2.31. The molecule has 0 amide bonds. The first-order valence-electron chi connectivity index (χ1n) is 11.3. The van der Waals surface area contributed by atoms with Crippen molar-refractivity contribution < 1.29 is 9.47 Å². The summed E-state index contributed by atoms with van der Waals surface area (Å²) in [5.74, 6) is 2.66. The Bertz CT molecular complexity index is 844. The van der Waals surface area contributed by atoms with Crippen molar-refractivity contribution in [3.8, 4) is 11.5 Å². The van der Waals surface area contributed by atoms with Gasteiger partial charge in [0.15, 0.2) is 11.5 Å². The van der Waals surface area contributed by atoms with E-state index in [0.29, 0.717) is 12.6 Å². The molecule has 1 saturated heterocycles. The molecule has 2 heterocycles. The zero-order valence-corrected chi connectivity index (χ0v) is 18.2. The number of piperidine rings is 1. The second-order valence-corrected chi connectivity index (χ2v) is 8.69. The summed E-state index contributed by atoms with van der Waals surface area (Å²) < 4.78 is 11.8. The van der Waals surface area contributed by atoms with Crippen LogP contribution >= 0.6 is 0 Å². The summed E-state index contributed by atoms with van der Waals surface area (Å²) in [4.78, 5) is 7.52. The van der Waals surface area contributed by atoms with E-state index in [-0.39, 0.29) is 0 Å². The van der Waals surface area contributed by atoms with Crippen LogP contribution in [-0.4, -0.2) is 49.3 Å². The van der Waals surface area contributed by atoms with E-state index in [1.54, 1.807) is 7.11 Å². The number of methoxy groups -OCH3 is 1. The van der Waals surface area contributed by atoms with Crippen LogP contribution in [0, 0.1) is 0 Å². The van der Waals surface area contributed by atoms with Gasteiger partial charge in [0.1, 0.15) is 5.82 Å². The van der Waals surface area contributed by atoms with Gasteiger partial charge in [-0.05, 0) is 82.7 Å². The molecule has 0 unspecified atom stereocenters. The van der Waals surface area contributed by atoms with Gasteiger partial charge in [-0.15, -0.1) is 0 Å². The molecule has 2 aromatic rings. The molecule has 0 atom stereocenters. The summed E-state index contributed by atoms with van der Waals surface area (Å²) in [7, 11) is 1.73. The number of pyridine rings is 1. The Kier molecular flexibility index (Phi) is 6.43. The third-order valence-electron chi connectivity index (χ3n) is 6.09. The second-order valence-electron chi connectivity index (χ2n) is 8.69. The van der Waals surface area contributed by atoms with Gasteiger partial charge < -0.3 is 19.7 Å². The number of ether oxygens (including phenoxy) is 2. The Hall–Kier alpha value is -2.01. The monoisotopic (exact) mass is 397 g/mol. The van der Waals surface area contributed by atoms with Crippen molar-refractivity contribution in [2.24, 2.45) is 0 Å². The molecular formula is C24H35N3O2. The SMILES string of the molecule is COc1cc2c3c(c(NC(C)C)nc2cc1OCCCN1CCCCC1)CCC3. The van der Waals surface area contributed by atoms with Crippen LogP contribution in [0.25, 0.3) is 10.9 Å². The first kappa shape index (κ1) is 20.3. The van der Waals surface area contributed by atoms with E-state index in [4.69, 9.17) is 14.5 Å². The van der Waals surface area contributed by atoms with E-state index in [0.717, 1.165) is 48.6 Å². The quantitative estimate of drug-likeness (QED) is 0.648. The fraction of sp³-hybridized carbons (Fsp3) is 0.625. The number of aromatic nitrogens is 1. The third kappa shape index (κ3) is 4.61. The average Bonchev–Trinajstić information content (AvgIpc) is 3.22. The molecule has 0 saturated carbocycles. The molecule has 1 aliphatic carbocycles. The summed E-state index contributed by atoms with van der Waals surface area (Å²) in [6.07, 6.45) is 8.50. The molecule has 1 aliphatic heterocycles. The minimum Gasteiger partial charge on any atom is -0.493 e. The molecule has 4 rings (SSSR count). The van der Waals surface area contributed by atoms with Crippen molar-refractivity contribution in [1.82, 2.24) is 9.88 Å². The fourth-order valence-corrected chi connectivity index (χ4v) is 4.69. The van der Waals surface area contributed by atoms with E-state index in [1.165, 1.54) is 55.3 Å². The highest BCUT2D eigenvalue weighted by atomic mass is 16.5. The zero-order valence-electron chi connectivity index (χ0n) is 18.2. The van der Waals surface area contributed by atoms with Gasteiger partial charge in [0, 0.05) is 24.0 Å². The molecule has 2 aliphatic rings. The van der Waals surface area contributed by atoms with Crippen LogP contribution in [0.4, 0.5) is 5.82 Å². The van der Waals surface area contributed by atoms with Crippen LogP contribution in [0.5, 0.6) is 11.5 Å². The van der Waals surface area contributed by atoms with Crippen LogP contribution in [-0.2, 0) is 12.8 Å². The van der Waals surface area contributed by atoms with Gasteiger partial charge in [-0.2, -0.15) is 0 Å². The topological polar surface area (TPSA) is 46.6 Å². The van der Waals surface area contributed by atoms with E-state index < -0.39 is 0 Å². The molecule has 0 spiro atoms. The smallest absolute Gasteiger partial charge is 0.163 e. The first-order chi connectivity index (χ1) is 14.2. The number of hydrogen-bond donors (Lipinski definition) is 1. The first-order valence-corrected chi connectivity index (χ1v) is 11.3. The van der Waals surface area contributed by atoms with Crippen molar-refractivity contribution >= 4 is 16.7 Å². The fourth-order valence-electron chi connectivity index (χ4n) is 4.69. The Morgan fingerprint density at radius 3 is 2.59 bits per heavy atom. The lowest BCUT2D eigenvalue weighted by Gasteiger charge is -2.26. The number of fused-ring (bicyclic) bond motifs is 3. The van der Waals surface area contributed by atoms with Crippen LogP contribution in [0.15, 0.2) is 12.1 Å². The van der Waals surface area contributed by atoms with Crippen molar-refractivity contribution in [3.05, 3.63) is 23.3 Å². The highest BCUT2D eigenvalue weighted by molar-refractivity contribution is 5.89. The number of nitrogens with one attached hydrogen (secondary N) is 1. The zero-order chi connectivity index (χ0) is 20.2. The van der Waals surface area contributed by atoms with Crippen LogP contribution in [0.3, 0.4) is 0 Å². The van der Waals surface area contributed by atoms with E-state index in [1.807, 2.05) is 0 Å². The minimum atomic E-state index is 0.369. The molecule has 0 radical (unpaired) electrons. The number of anilines is 1. The summed E-state index contributed by atoms with van der Waals surface area (Å²) in [5, 5.41) is 4.76. The molecular weight excluding hydrogens is 362 g/mol. The van der Waals surface area contributed by atoms with Crippen molar-refractivity contribution in [2.45, 2.75) is 64.8 Å². The van der Waals surface area contributed by atoms with Crippen molar-refractivity contribution in [1.29, 1.82) is 0 Å². The lowest BCUT2D eigenvalue weighted by atomic mass is 10.0. The van der Waals surface area contributed by atoms with Crippen LogP contribution in [0.2, 0.25) is 0 Å². The predicted molar refractivity (Wildman–Crippen MR) is 119 cm³/mol. The molecule has 1 fully saturated rings. The number of benzene rings is 1. The van der Waals surface area contributed by atoms with Gasteiger partial charge in [0.25, 0.3) is 0 Å². The van der Waals surface area contributed by atoms with Gasteiger partial charge in [-0.3, -0.25) is 0 Å². The average molecular weight is 398 g/mol. The van der Waals surface area contributed by atoms with Gasteiger partial charge in [0.2, 0.25) is 0 Å². The molecule has 5 nitrogen and oxygen atoms in total. The number of nitrogens with zero attached hydrogens (tertiary/aromatic N) is 2. The van der Waals surface area contributed by atoms with Crippen LogP contribution < -0.4 is 14.8 Å². The Labute approximate surface area is 174 Å². The third-order valence-corrected chi connectivity index (χ3v) is 6.09. The summed E-state index contributed by atoms with van der Waals surface area (Å²) >= 11 is 0. The molecule has 1 aromatic carbocycles. The highest BCUT2D eigenvalue weighted by Gasteiger charge is 2.22. The maximum Gasteiger partial charge on any atom is 0.163 e. The van der Waals surface area contributed by atoms with Crippen LogP contribution in [0.1, 0.15) is 57.1 Å². The number of hydrogen-bond acceptors (Lipinski definition) is 5. The largest absolute Gasteiger partial charge is 0.493 e. The van der Waals surface area contributed by atoms with Gasteiger partial charge in [0.05, 0.1) is 19.2 Å².